The van der Waals surface area contributed by atoms with E-state index >= 15 is 0 Å². The Hall–Kier alpha value is -2.69. The molecule has 4 rings (SSSR count). The Bertz CT molecular complexity index is 871. The third kappa shape index (κ3) is 3.87. The van der Waals surface area contributed by atoms with E-state index in [0.29, 0.717) is 12.4 Å². The van der Waals surface area contributed by atoms with E-state index in [4.69, 9.17) is 4.74 Å². The monoisotopic (exact) mass is 363 g/mol. The first-order chi connectivity index (χ1) is 13.1. The molecule has 1 aliphatic carbocycles. The molecule has 5 nitrogen and oxygen atoms in total. The second-order valence-corrected chi connectivity index (χ2v) is 7.44. The Morgan fingerprint density at radius 1 is 1.22 bits per heavy atom. The van der Waals surface area contributed by atoms with Crippen LogP contribution < -0.4 is 10.1 Å². The lowest BCUT2D eigenvalue weighted by Crippen LogP contribution is -2.38. The van der Waals surface area contributed by atoms with Gasteiger partial charge in [0.1, 0.15) is 11.9 Å². The molecule has 1 aromatic heterocycles. The lowest BCUT2D eigenvalue weighted by Gasteiger charge is -2.19. The molecule has 2 atom stereocenters. The van der Waals surface area contributed by atoms with Crippen molar-refractivity contribution in [2.45, 2.75) is 45.6 Å². The molecule has 140 valence electrons. The zero-order valence-corrected chi connectivity index (χ0v) is 15.9. The summed E-state index contributed by atoms with van der Waals surface area (Å²) in [6.45, 7) is 4.48. The van der Waals surface area contributed by atoms with Gasteiger partial charge in [0.2, 0.25) is 5.91 Å². The van der Waals surface area contributed by atoms with Crippen molar-refractivity contribution < 1.29 is 9.53 Å². The second-order valence-electron chi connectivity index (χ2n) is 7.44. The number of carbonyl (C=O) groups excluding carboxylic acids is 1. The normalized spacial score (nSPS) is 20.8. The predicted molar refractivity (Wildman–Crippen MR) is 105 cm³/mol. The summed E-state index contributed by atoms with van der Waals surface area (Å²) in [5, 5.41) is 3.08. The molecule has 0 spiro atoms. The van der Waals surface area contributed by atoms with Crippen LogP contribution >= 0.6 is 0 Å². The first-order valence-corrected chi connectivity index (χ1v) is 9.64. The molecule has 0 unspecified atom stereocenters. The number of nitrogens with zero attached hydrogens (tertiary/aromatic N) is 2. The second kappa shape index (κ2) is 7.51. The van der Waals surface area contributed by atoms with Gasteiger partial charge in [0.05, 0.1) is 12.1 Å². The molecule has 5 heteroatoms. The van der Waals surface area contributed by atoms with E-state index in [1.807, 2.05) is 32.0 Å². The molecular formula is C22H25N3O2. The predicted octanol–water partition coefficient (Wildman–Crippen LogP) is 3.54. The van der Waals surface area contributed by atoms with Gasteiger partial charge in [0.25, 0.3) is 0 Å². The van der Waals surface area contributed by atoms with E-state index in [0.717, 1.165) is 53.9 Å². The number of aromatic nitrogens is 2. The van der Waals surface area contributed by atoms with Crippen molar-refractivity contribution in [3.05, 3.63) is 53.4 Å². The molecule has 0 fully saturated rings. The average Bonchev–Trinajstić information content (AvgIpc) is 3.09. The Morgan fingerprint density at radius 3 is 2.78 bits per heavy atom. The summed E-state index contributed by atoms with van der Waals surface area (Å²) in [4.78, 5) is 21.5. The van der Waals surface area contributed by atoms with Gasteiger partial charge in [0, 0.05) is 23.7 Å². The quantitative estimate of drug-likeness (QED) is 0.844. The first-order valence-electron chi connectivity index (χ1n) is 9.64. The van der Waals surface area contributed by atoms with E-state index < -0.39 is 0 Å². The van der Waals surface area contributed by atoms with E-state index in [9.17, 15) is 4.79 Å². The third-order valence-electron chi connectivity index (χ3n) is 5.20. The summed E-state index contributed by atoms with van der Waals surface area (Å²) < 4.78 is 6.20. The van der Waals surface area contributed by atoms with Crippen molar-refractivity contribution in [3.8, 4) is 17.1 Å². The highest BCUT2D eigenvalue weighted by atomic mass is 16.5. The summed E-state index contributed by atoms with van der Waals surface area (Å²) in [6.07, 6.45) is 7.76. The SMILES string of the molecule is Cc1cc(C)nc(-c2cccc3c2O[C@@H](CNC(=O)[C@@H]2CC=CCC2)C3)n1. The zero-order valence-electron chi connectivity index (χ0n) is 15.9. The van der Waals surface area contributed by atoms with Crippen LogP contribution in [0.2, 0.25) is 0 Å². The van der Waals surface area contributed by atoms with Crippen molar-refractivity contribution in [1.82, 2.24) is 15.3 Å². The van der Waals surface area contributed by atoms with Gasteiger partial charge >= 0.3 is 0 Å². The number of carbonyl (C=O) groups is 1. The number of fused-ring (bicyclic) bond motifs is 1. The maximum absolute atomic E-state index is 12.4. The highest BCUT2D eigenvalue weighted by Crippen LogP contribution is 2.37. The molecule has 2 aliphatic rings. The molecule has 1 N–H and O–H groups in total. The number of amides is 1. The fourth-order valence-corrected chi connectivity index (χ4v) is 3.87. The lowest BCUT2D eigenvalue weighted by atomic mass is 9.93. The van der Waals surface area contributed by atoms with Crippen molar-refractivity contribution >= 4 is 5.91 Å². The molecule has 0 bridgehead atoms. The van der Waals surface area contributed by atoms with Crippen molar-refractivity contribution in [2.24, 2.45) is 5.92 Å². The molecule has 0 saturated heterocycles. The van der Waals surface area contributed by atoms with Gasteiger partial charge in [-0.1, -0.05) is 24.3 Å². The van der Waals surface area contributed by atoms with Gasteiger partial charge in [-0.3, -0.25) is 4.79 Å². The van der Waals surface area contributed by atoms with Crippen LogP contribution in [0.15, 0.2) is 36.4 Å². The van der Waals surface area contributed by atoms with Crippen molar-refractivity contribution in [2.75, 3.05) is 6.54 Å². The van der Waals surface area contributed by atoms with Crippen LogP contribution in [0.25, 0.3) is 11.4 Å². The number of nitrogens with one attached hydrogen (secondary N) is 1. The number of allylic oxidation sites excluding steroid dienone is 2. The van der Waals surface area contributed by atoms with Crippen LogP contribution in [-0.2, 0) is 11.2 Å². The number of benzene rings is 1. The largest absolute Gasteiger partial charge is 0.487 e. The van der Waals surface area contributed by atoms with E-state index in [2.05, 4.69) is 33.5 Å². The Kier molecular flexibility index (Phi) is 4.92. The van der Waals surface area contributed by atoms with Gasteiger partial charge in [-0.05, 0) is 50.8 Å². The van der Waals surface area contributed by atoms with E-state index in [1.165, 1.54) is 0 Å². The van der Waals surface area contributed by atoms with Gasteiger partial charge in [-0.2, -0.15) is 0 Å². The minimum absolute atomic E-state index is 0.0462. The van der Waals surface area contributed by atoms with Crippen LogP contribution in [-0.4, -0.2) is 28.5 Å². The minimum atomic E-state index is -0.0462. The molecule has 1 aliphatic heterocycles. The Labute approximate surface area is 159 Å². The average molecular weight is 363 g/mol. The molecule has 2 heterocycles. The van der Waals surface area contributed by atoms with Crippen molar-refractivity contribution in [3.63, 3.8) is 0 Å². The molecule has 1 amide bonds. The number of hydrogen-bond donors (Lipinski definition) is 1. The zero-order chi connectivity index (χ0) is 18.8. The summed E-state index contributed by atoms with van der Waals surface area (Å²) in [5.41, 5.74) is 3.96. The fourth-order valence-electron chi connectivity index (χ4n) is 3.87. The number of aryl methyl sites for hydroxylation is 2. The van der Waals surface area contributed by atoms with E-state index in [1.54, 1.807) is 0 Å². The number of rotatable bonds is 4. The van der Waals surface area contributed by atoms with Gasteiger partial charge in [-0.15, -0.1) is 0 Å². The van der Waals surface area contributed by atoms with Crippen LogP contribution in [0, 0.1) is 19.8 Å². The lowest BCUT2D eigenvalue weighted by molar-refractivity contribution is -0.125. The van der Waals surface area contributed by atoms with Gasteiger partial charge < -0.3 is 10.1 Å². The first kappa shape index (κ1) is 17.7. The number of hydrogen-bond acceptors (Lipinski definition) is 4. The number of para-hydroxylation sites is 1. The van der Waals surface area contributed by atoms with Crippen LogP contribution in [0.4, 0.5) is 0 Å². The molecular weight excluding hydrogens is 338 g/mol. The third-order valence-corrected chi connectivity index (χ3v) is 5.20. The number of ether oxygens (including phenoxy) is 1. The van der Waals surface area contributed by atoms with Crippen LogP contribution in [0.5, 0.6) is 5.75 Å². The van der Waals surface area contributed by atoms with Crippen LogP contribution in [0.1, 0.15) is 36.2 Å². The molecule has 1 aromatic carbocycles. The van der Waals surface area contributed by atoms with Gasteiger partial charge in [-0.25, -0.2) is 9.97 Å². The van der Waals surface area contributed by atoms with Crippen molar-refractivity contribution in [1.29, 1.82) is 0 Å². The topological polar surface area (TPSA) is 64.1 Å². The van der Waals surface area contributed by atoms with Crippen LogP contribution in [0.3, 0.4) is 0 Å². The molecule has 0 saturated carbocycles. The highest BCUT2D eigenvalue weighted by Gasteiger charge is 2.28. The maximum atomic E-state index is 12.4. The Morgan fingerprint density at radius 2 is 2.04 bits per heavy atom. The molecule has 27 heavy (non-hydrogen) atoms. The molecule has 0 radical (unpaired) electrons. The minimum Gasteiger partial charge on any atom is -0.487 e. The summed E-state index contributed by atoms with van der Waals surface area (Å²) in [7, 11) is 0. The standard InChI is InChI=1S/C22H25N3O2/c1-14-11-15(2)25-21(24-14)19-10-6-9-17-12-18(27-20(17)19)13-23-22(26)16-7-4-3-5-8-16/h3-4,6,9-11,16,18H,5,7-8,12-13H2,1-2H3,(H,23,26)/t16-,18-/m1/s1. The summed E-state index contributed by atoms with van der Waals surface area (Å²) >= 11 is 0. The van der Waals surface area contributed by atoms with Gasteiger partial charge in [0.15, 0.2) is 5.82 Å². The summed E-state index contributed by atoms with van der Waals surface area (Å²) in [6, 6.07) is 8.07. The smallest absolute Gasteiger partial charge is 0.223 e. The fraction of sp³-hybridized carbons (Fsp3) is 0.409. The molecule has 2 aromatic rings. The Balaban J connectivity index is 1.46. The highest BCUT2D eigenvalue weighted by molar-refractivity contribution is 5.79. The van der Waals surface area contributed by atoms with E-state index in [-0.39, 0.29) is 17.9 Å². The summed E-state index contributed by atoms with van der Waals surface area (Å²) in [5.74, 6) is 1.78. The maximum Gasteiger partial charge on any atom is 0.223 e.